The van der Waals surface area contributed by atoms with Gasteiger partial charge in [-0.25, -0.2) is 9.59 Å². The van der Waals surface area contributed by atoms with Crippen LogP contribution in [0.5, 0.6) is 0 Å². The van der Waals surface area contributed by atoms with Crippen molar-refractivity contribution in [3.05, 3.63) is 178 Å². The van der Waals surface area contributed by atoms with Gasteiger partial charge in [0.15, 0.2) is 5.78 Å². The van der Waals surface area contributed by atoms with Crippen molar-refractivity contribution < 1.29 is 28.9 Å². The topological polar surface area (TPSA) is 116 Å². The quantitative estimate of drug-likeness (QED) is 0.0277. The third-order valence-electron chi connectivity index (χ3n) is 11.0. The molecular weight excluding hydrogens is 807 g/mol. The molecule has 9 nitrogen and oxygen atoms in total. The second-order valence-electron chi connectivity index (χ2n) is 15.3. The normalized spacial score (nSPS) is 11.8. The number of hydrogen-bond acceptors (Lipinski definition) is 9. The number of carbonyl (C=O) groups excluding carboxylic acids is 4. The van der Waals surface area contributed by atoms with Gasteiger partial charge < -0.3 is 14.2 Å². The van der Waals surface area contributed by atoms with Crippen molar-refractivity contribution in [3.63, 3.8) is 0 Å². The van der Waals surface area contributed by atoms with Crippen LogP contribution in [0.15, 0.2) is 160 Å². The number of hydrogen-bond donors (Lipinski definition) is 0. The predicted octanol–water partition coefficient (Wildman–Crippen LogP) is 12.4. The van der Waals surface area contributed by atoms with Crippen molar-refractivity contribution in [2.24, 2.45) is 10.3 Å². The Morgan fingerprint density at radius 1 is 0.619 bits per heavy atom. The lowest BCUT2D eigenvalue weighted by Crippen LogP contribution is -2.17. The molecule has 7 aromatic rings. The van der Waals surface area contributed by atoms with E-state index in [2.05, 4.69) is 28.7 Å². The molecule has 1 aromatic heterocycles. The molecule has 0 aliphatic rings. The van der Waals surface area contributed by atoms with E-state index in [-0.39, 0.29) is 29.3 Å². The Morgan fingerprint density at radius 2 is 1.24 bits per heavy atom. The van der Waals surface area contributed by atoms with E-state index in [4.69, 9.17) is 9.68 Å². The number of carbonyl (C=O) groups is 4. The lowest BCUT2D eigenvalue weighted by molar-refractivity contribution is -0.142. The zero-order chi connectivity index (χ0) is 44.3. The highest BCUT2D eigenvalue weighted by Crippen LogP contribution is 2.32. The first-order valence-corrected chi connectivity index (χ1v) is 22.1. The Morgan fingerprint density at radius 3 is 1.94 bits per heavy atom. The highest BCUT2D eigenvalue weighted by atomic mass is 32.2. The summed E-state index contributed by atoms with van der Waals surface area (Å²) in [6, 6.07) is 43.2. The van der Waals surface area contributed by atoms with Gasteiger partial charge in [-0.3, -0.25) is 9.59 Å². The van der Waals surface area contributed by atoms with Crippen molar-refractivity contribution in [1.29, 1.82) is 0 Å². The molecule has 0 spiro atoms. The maximum atomic E-state index is 13.7. The molecule has 0 aliphatic carbocycles. The minimum atomic E-state index is -0.796. The molecule has 0 bridgehead atoms. The average molecular weight is 856 g/mol. The van der Waals surface area contributed by atoms with Crippen LogP contribution in [0.4, 0.5) is 0 Å². The molecule has 0 saturated carbocycles. The Labute approximate surface area is 371 Å². The predicted molar refractivity (Wildman–Crippen MR) is 251 cm³/mol. The van der Waals surface area contributed by atoms with E-state index in [0.717, 1.165) is 68.5 Å². The third-order valence-corrected chi connectivity index (χ3v) is 12.0. The van der Waals surface area contributed by atoms with Gasteiger partial charge in [0, 0.05) is 54.8 Å². The van der Waals surface area contributed by atoms with Crippen molar-refractivity contribution >= 4 is 68.5 Å². The van der Waals surface area contributed by atoms with Crippen LogP contribution in [0.25, 0.3) is 21.8 Å². The van der Waals surface area contributed by atoms with Crippen LogP contribution in [-0.4, -0.2) is 39.5 Å². The lowest BCUT2D eigenvalue weighted by atomic mass is 9.97. The van der Waals surface area contributed by atoms with Crippen LogP contribution in [0.1, 0.15) is 106 Å². The third kappa shape index (κ3) is 10.6. The van der Waals surface area contributed by atoms with Gasteiger partial charge in [-0.15, -0.1) is 0 Å². The van der Waals surface area contributed by atoms with Crippen molar-refractivity contribution in [1.82, 2.24) is 4.57 Å². The molecule has 0 saturated heterocycles. The van der Waals surface area contributed by atoms with Gasteiger partial charge in [0.25, 0.3) is 0 Å². The second-order valence-corrected chi connectivity index (χ2v) is 16.5. The molecule has 318 valence electrons. The van der Waals surface area contributed by atoms with Gasteiger partial charge in [-0.05, 0) is 123 Å². The molecule has 0 fully saturated rings. The number of aromatic nitrogens is 1. The van der Waals surface area contributed by atoms with Gasteiger partial charge in [0.1, 0.15) is 5.71 Å². The monoisotopic (exact) mass is 855 g/mol. The van der Waals surface area contributed by atoms with E-state index in [1.54, 1.807) is 55.1 Å². The van der Waals surface area contributed by atoms with Gasteiger partial charge in [-0.2, -0.15) is 0 Å². The minimum absolute atomic E-state index is 0.0376. The summed E-state index contributed by atoms with van der Waals surface area (Å²) in [7, 11) is 0. The molecule has 0 radical (unpaired) electrons. The summed E-state index contributed by atoms with van der Waals surface area (Å²) < 4.78 is 2.20. The second kappa shape index (κ2) is 20.8. The van der Waals surface area contributed by atoms with E-state index in [1.165, 1.54) is 0 Å². The molecule has 0 atom stereocenters. The summed E-state index contributed by atoms with van der Waals surface area (Å²) in [5, 5.41) is 10.2. The van der Waals surface area contributed by atoms with Gasteiger partial charge >= 0.3 is 11.9 Å². The van der Waals surface area contributed by atoms with Crippen molar-refractivity contribution in [3.8, 4) is 0 Å². The van der Waals surface area contributed by atoms with E-state index in [1.807, 2.05) is 110 Å². The van der Waals surface area contributed by atoms with E-state index in [9.17, 15) is 19.2 Å². The molecule has 1 heterocycles. The summed E-state index contributed by atoms with van der Waals surface area (Å²) in [4.78, 5) is 66.8. The van der Waals surface area contributed by atoms with Gasteiger partial charge in [-0.1, -0.05) is 115 Å². The van der Waals surface area contributed by atoms with Gasteiger partial charge in [0.05, 0.1) is 17.7 Å². The fourth-order valence-electron chi connectivity index (χ4n) is 7.56. The molecule has 6 aromatic carbocycles. The van der Waals surface area contributed by atoms with Crippen LogP contribution < -0.4 is 0 Å². The Hall–Kier alpha value is -6.91. The maximum Gasteiger partial charge on any atom is 0.366 e. The average Bonchev–Trinajstić information content (AvgIpc) is 3.63. The number of fused-ring (bicyclic) bond motifs is 3. The molecule has 0 aliphatic heterocycles. The molecule has 63 heavy (non-hydrogen) atoms. The fraction of sp³-hybridized carbons (Fsp3) is 0.208. The highest BCUT2D eigenvalue weighted by Gasteiger charge is 2.21. The highest BCUT2D eigenvalue weighted by molar-refractivity contribution is 7.99. The number of aryl methyl sites for hydroxylation is 2. The molecule has 0 amide bonds. The Bertz CT molecular complexity index is 2860. The van der Waals surface area contributed by atoms with E-state index in [0.29, 0.717) is 40.8 Å². The smallest absolute Gasteiger partial charge is 0.341 e. The van der Waals surface area contributed by atoms with E-state index >= 15 is 0 Å². The lowest BCUT2D eigenvalue weighted by Gasteiger charge is -2.09. The summed E-state index contributed by atoms with van der Waals surface area (Å²) in [5.74, 6) is -1.82. The fourth-order valence-corrected chi connectivity index (χ4v) is 8.40. The number of rotatable bonds is 18. The SMILES string of the molecule is CCCCCC/C(=N\OC(=O)c1ccccc1CC(=O)O/N=C(/C)c1ccc2c(c1)c1cc(C(=O)c3ccccc3C)ccc1n2CC)C(=O)c1ccc(Sc2ccccc2)cc1. The molecule has 10 heteroatoms. The van der Waals surface area contributed by atoms with Gasteiger partial charge in [0.2, 0.25) is 5.78 Å². The Balaban J connectivity index is 1.04. The van der Waals surface area contributed by atoms with Crippen molar-refractivity contribution in [2.45, 2.75) is 82.6 Å². The number of unbranched alkanes of at least 4 members (excludes halogenated alkanes) is 3. The minimum Gasteiger partial charge on any atom is -0.341 e. The number of benzene rings is 6. The first-order chi connectivity index (χ1) is 30.6. The maximum absolute atomic E-state index is 13.7. The van der Waals surface area contributed by atoms with E-state index < -0.39 is 11.9 Å². The summed E-state index contributed by atoms with van der Waals surface area (Å²) in [6.07, 6.45) is 3.75. The molecular formula is C53H49N3O6S. The first-order valence-electron chi connectivity index (χ1n) is 21.3. The zero-order valence-corrected chi connectivity index (χ0v) is 36.7. The summed E-state index contributed by atoms with van der Waals surface area (Å²) in [6.45, 7) is 8.61. The zero-order valence-electron chi connectivity index (χ0n) is 35.9. The largest absolute Gasteiger partial charge is 0.366 e. The number of oxime groups is 2. The molecule has 0 unspecified atom stereocenters. The van der Waals surface area contributed by atoms with Crippen LogP contribution in [-0.2, 0) is 27.4 Å². The van der Waals surface area contributed by atoms with Crippen LogP contribution >= 0.6 is 11.8 Å². The number of Topliss-reactive ketones (excluding diaryl/α,β-unsaturated/α-hetero) is 1. The van der Waals surface area contributed by atoms with Crippen LogP contribution in [0.2, 0.25) is 0 Å². The first kappa shape index (κ1) is 44.2. The van der Waals surface area contributed by atoms with Crippen molar-refractivity contribution in [2.75, 3.05) is 0 Å². The standard InChI is InChI=1S/C53H49N3O6S/c1-5-7-8-12-23-47(52(59)37-24-28-42(29-25-37)63-41-19-10-9-11-20-41)55-62-53(60)44-22-16-14-18-39(44)34-50(57)61-54-36(4)38-26-30-48-45(32-38)46-33-40(27-31-49(46)56(48)6-2)51(58)43-21-15-13-17-35(43)3/h9-11,13-22,24-33H,5-8,12,23,34H2,1-4H3/b54-36-,55-47+. The number of nitrogens with zero attached hydrogens (tertiary/aromatic N) is 3. The van der Waals surface area contributed by atoms with Crippen LogP contribution in [0.3, 0.4) is 0 Å². The van der Waals surface area contributed by atoms with Crippen LogP contribution in [0, 0.1) is 6.92 Å². The molecule has 7 rings (SSSR count). The molecule has 0 N–H and O–H groups in total. The summed E-state index contributed by atoms with van der Waals surface area (Å²) in [5.41, 5.74) is 6.50. The number of ketones is 2. The summed E-state index contributed by atoms with van der Waals surface area (Å²) >= 11 is 1.60. The Kier molecular flexibility index (Phi) is 14.6.